The molecule has 0 fully saturated rings. The van der Waals surface area contributed by atoms with E-state index in [-0.39, 0.29) is 6.61 Å². The van der Waals surface area contributed by atoms with Crippen molar-refractivity contribution in [2.24, 2.45) is 0 Å². The van der Waals surface area contributed by atoms with Crippen molar-refractivity contribution in [3.05, 3.63) is 23.8 Å². The number of aliphatic hydroxyl groups excluding tert-OH is 1. The molecule has 0 spiro atoms. The molecule has 0 saturated carbocycles. The standard InChI is InChI=1S/C12H21NO/c1-13(10-11-14)9-5-8-12-6-3-2-4-7-12/h3,6-7,14H,2,4-5,8-11H2,1H3. The van der Waals surface area contributed by atoms with Crippen molar-refractivity contribution in [2.45, 2.75) is 25.7 Å². The Morgan fingerprint density at radius 2 is 2.21 bits per heavy atom. The summed E-state index contributed by atoms with van der Waals surface area (Å²) in [6.45, 7) is 2.12. The summed E-state index contributed by atoms with van der Waals surface area (Å²) in [6.07, 6.45) is 11.6. The van der Waals surface area contributed by atoms with E-state index in [4.69, 9.17) is 5.11 Å². The molecule has 1 N–H and O–H groups in total. The van der Waals surface area contributed by atoms with Crippen LogP contribution in [0.5, 0.6) is 0 Å². The van der Waals surface area contributed by atoms with E-state index in [1.807, 2.05) is 0 Å². The Kier molecular flexibility index (Phi) is 5.57. The van der Waals surface area contributed by atoms with Crippen LogP contribution in [0.25, 0.3) is 0 Å². The third-order valence-electron chi connectivity index (χ3n) is 2.56. The minimum atomic E-state index is 0.263. The predicted molar refractivity (Wildman–Crippen MR) is 60.3 cm³/mol. The minimum absolute atomic E-state index is 0.263. The van der Waals surface area contributed by atoms with Gasteiger partial charge in [0.25, 0.3) is 0 Å². The van der Waals surface area contributed by atoms with Crippen LogP contribution in [0.4, 0.5) is 0 Å². The summed E-state index contributed by atoms with van der Waals surface area (Å²) in [5, 5.41) is 8.72. The molecule has 1 rings (SSSR count). The summed E-state index contributed by atoms with van der Waals surface area (Å²) in [5.41, 5.74) is 1.48. The zero-order valence-corrected chi connectivity index (χ0v) is 9.08. The molecule has 0 aromatic carbocycles. The van der Waals surface area contributed by atoms with Crippen molar-refractivity contribution in [3.63, 3.8) is 0 Å². The lowest BCUT2D eigenvalue weighted by atomic mass is 10.0. The van der Waals surface area contributed by atoms with E-state index in [9.17, 15) is 0 Å². The normalized spacial score (nSPS) is 16.1. The molecule has 0 aromatic heterocycles. The van der Waals surface area contributed by atoms with Crippen molar-refractivity contribution in [2.75, 3.05) is 26.7 Å². The molecule has 0 bridgehead atoms. The minimum Gasteiger partial charge on any atom is -0.395 e. The van der Waals surface area contributed by atoms with E-state index in [1.165, 1.54) is 31.3 Å². The van der Waals surface area contributed by atoms with E-state index in [2.05, 4.69) is 30.2 Å². The summed E-state index contributed by atoms with van der Waals surface area (Å²) in [7, 11) is 2.06. The fraction of sp³-hybridized carbons (Fsp3) is 0.667. The average Bonchev–Trinajstić information content (AvgIpc) is 2.20. The number of allylic oxidation sites excluding steroid dienone is 4. The number of aliphatic hydroxyl groups is 1. The largest absolute Gasteiger partial charge is 0.395 e. The van der Waals surface area contributed by atoms with E-state index in [1.54, 1.807) is 0 Å². The second kappa shape index (κ2) is 6.80. The first-order valence-electron chi connectivity index (χ1n) is 5.48. The fourth-order valence-electron chi connectivity index (χ4n) is 1.69. The summed E-state index contributed by atoms with van der Waals surface area (Å²) in [5.74, 6) is 0. The van der Waals surface area contributed by atoms with Crippen LogP contribution in [0.2, 0.25) is 0 Å². The van der Waals surface area contributed by atoms with Gasteiger partial charge in [-0.1, -0.05) is 23.8 Å². The van der Waals surface area contributed by atoms with Gasteiger partial charge in [0.1, 0.15) is 0 Å². The Bertz CT molecular complexity index is 208. The van der Waals surface area contributed by atoms with E-state index < -0.39 is 0 Å². The monoisotopic (exact) mass is 195 g/mol. The number of hydrogen-bond donors (Lipinski definition) is 1. The van der Waals surface area contributed by atoms with Gasteiger partial charge in [0, 0.05) is 6.54 Å². The molecule has 0 amide bonds. The van der Waals surface area contributed by atoms with Crippen molar-refractivity contribution in [3.8, 4) is 0 Å². The van der Waals surface area contributed by atoms with Gasteiger partial charge in [0.2, 0.25) is 0 Å². The molecule has 0 atom stereocenters. The topological polar surface area (TPSA) is 23.5 Å². The van der Waals surface area contributed by atoms with Gasteiger partial charge in [-0.3, -0.25) is 0 Å². The molecule has 0 saturated heterocycles. The molecule has 1 aliphatic rings. The number of likely N-dealkylation sites (N-methyl/N-ethyl adjacent to an activating group) is 1. The summed E-state index contributed by atoms with van der Waals surface area (Å²) in [6, 6.07) is 0. The molecule has 14 heavy (non-hydrogen) atoms. The molecule has 2 heteroatoms. The quantitative estimate of drug-likeness (QED) is 0.700. The summed E-state index contributed by atoms with van der Waals surface area (Å²) in [4.78, 5) is 2.17. The molecule has 0 aliphatic heterocycles. The highest BCUT2D eigenvalue weighted by Gasteiger charge is 2.00. The van der Waals surface area contributed by atoms with Gasteiger partial charge in [-0.2, -0.15) is 0 Å². The molecular formula is C12H21NO. The lowest BCUT2D eigenvalue weighted by Crippen LogP contribution is -2.23. The van der Waals surface area contributed by atoms with Gasteiger partial charge in [0.05, 0.1) is 6.61 Å². The first kappa shape index (κ1) is 11.5. The van der Waals surface area contributed by atoms with Crippen LogP contribution in [0.15, 0.2) is 23.8 Å². The Morgan fingerprint density at radius 3 is 2.86 bits per heavy atom. The highest BCUT2D eigenvalue weighted by Crippen LogP contribution is 2.14. The Hall–Kier alpha value is -0.600. The second-order valence-electron chi connectivity index (χ2n) is 3.89. The zero-order chi connectivity index (χ0) is 10.2. The van der Waals surface area contributed by atoms with Crippen molar-refractivity contribution >= 4 is 0 Å². The lowest BCUT2D eigenvalue weighted by Gasteiger charge is -2.15. The van der Waals surface area contributed by atoms with Crippen LogP contribution in [0, 0.1) is 0 Å². The summed E-state index contributed by atoms with van der Waals surface area (Å²) >= 11 is 0. The van der Waals surface area contributed by atoms with Crippen molar-refractivity contribution < 1.29 is 5.11 Å². The third-order valence-corrected chi connectivity index (χ3v) is 2.56. The van der Waals surface area contributed by atoms with Crippen LogP contribution in [0.3, 0.4) is 0 Å². The first-order valence-corrected chi connectivity index (χ1v) is 5.48. The van der Waals surface area contributed by atoms with E-state index in [0.717, 1.165) is 13.1 Å². The Labute approximate surface area is 86.9 Å². The van der Waals surface area contributed by atoms with Crippen molar-refractivity contribution in [1.82, 2.24) is 4.90 Å². The number of nitrogens with zero attached hydrogens (tertiary/aromatic N) is 1. The molecule has 0 radical (unpaired) electrons. The van der Waals surface area contributed by atoms with Gasteiger partial charge in [-0.15, -0.1) is 0 Å². The maximum absolute atomic E-state index is 8.72. The molecule has 0 unspecified atom stereocenters. The highest BCUT2D eigenvalue weighted by atomic mass is 16.3. The molecule has 1 aliphatic carbocycles. The molecule has 2 nitrogen and oxygen atoms in total. The van der Waals surface area contributed by atoms with E-state index in [0.29, 0.717) is 0 Å². The van der Waals surface area contributed by atoms with Crippen LogP contribution in [-0.2, 0) is 0 Å². The van der Waals surface area contributed by atoms with Gasteiger partial charge in [-0.25, -0.2) is 0 Å². The van der Waals surface area contributed by atoms with Gasteiger partial charge in [-0.05, 0) is 39.3 Å². The predicted octanol–water partition coefficient (Wildman–Crippen LogP) is 1.97. The number of rotatable bonds is 6. The zero-order valence-electron chi connectivity index (χ0n) is 9.08. The highest BCUT2D eigenvalue weighted by molar-refractivity contribution is 5.21. The molecule has 0 heterocycles. The lowest BCUT2D eigenvalue weighted by molar-refractivity contribution is 0.220. The maximum atomic E-state index is 8.72. The fourth-order valence-corrected chi connectivity index (χ4v) is 1.69. The average molecular weight is 195 g/mol. The van der Waals surface area contributed by atoms with Gasteiger partial charge in [0.15, 0.2) is 0 Å². The van der Waals surface area contributed by atoms with Gasteiger partial charge < -0.3 is 10.0 Å². The van der Waals surface area contributed by atoms with Crippen molar-refractivity contribution in [1.29, 1.82) is 0 Å². The number of hydrogen-bond acceptors (Lipinski definition) is 2. The third kappa shape index (κ3) is 4.58. The van der Waals surface area contributed by atoms with Crippen LogP contribution < -0.4 is 0 Å². The van der Waals surface area contributed by atoms with Crippen LogP contribution in [-0.4, -0.2) is 36.8 Å². The SMILES string of the molecule is CN(CCO)CCCC1=CCCC=C1. The maximum Gasteiger partial charge on any atom is 0.0558 e. The van der Waals surface area contributed by atoms with Crippen LogP contribution >= 0.6 is 0 Å². The molecular weight excluding hydrogens is 174 g/mol. The Balaban J connectivity index is 2.08. The van der Waals surface area contributed by atoms with E-state index >= 15 is 0 Å². The smallest absolute Gasteiger partial charge is 0.0558 e. The van der Waals surface area contributed by atoms with Gasteiger partial charge >= 0.3 is 0 Å². The molecule has 0 aromatic rings. The first-order chi connectivity index (χ1) is 6.83. The molecule has 80 valence electrons. The Morgan fingerprint density at radius 1 is 1.36 bits per heavy atom. The second-order valence-corrected chi connectivity index (χ2v) is 3.89. The van der Waals surface area contributed by atoms with Crippen LogP contribution in [0.1, 0.15) is 25.7 Å². The summed E-state index contributed by atoms with van der Waals surface area (Å²) < 4.78 is 0.